The smallest absolute Gasteiger partial charge is 0.115 e. The monoisotopic (exact) mass is 357 g/mol. The second kappa shape index (κ2) is 10.9. The van der Waals surface area contributed by atoms with Crippen LogP contribution in [0.4, 0.5) is 0 Å². The summed E-state index contributed by atoms with van der Waals surface area (Å²) in [5.41, 5.74) is 12.0. The van der Waals surface area contributed by atoms with E-state index in [0.29, 0.717) is 11.7 Å². The maximum absolute atomic E-state index is 9.31. The normalized spacial score (nSPS) is 14.9. The Kier molecular flexibility index (Phi) is 9.22. The Balaban J connectivity index is 2.52. The van der Waals surface area contributed by atoms with Crippen LogP contribution in [0.25, 0.3) is 0 Å². The number of nitrogens with two attached hydrogens (primary N) is 1. The summed E-state index contributed by atoms with van der Waals surface area (Å²) in [5, 5.41) is 11.0. The van der Waals surface area contributed by atoms with E-state index in [9.17, 15) is 5.11 Å². The summed E-state index contributed by atoms with van der Waals surface area (Å²) < 4.78 is 0. The first-order valence-corrected chi connectivity index (χ1v) is 9.34. The van der Waals surface area contributed by atoms with Gasteiger partial charge in [-0.2, -0.15) is 0 Å². The van der Waals surface area contributed by atoms with Crippen LogP contribution in [0.2, 0.25) is 0 Å². The van der Waals surface area contributed by atoms with Gasteiger partial charge in [0.2, 0.25) is 0 Å². The number of aryl methyl sites for hydroxylation is 1. The Morgan fingerprint density at radius 3 is 2.40 bits per heavy atom. The van der Waals surface area contributed by atoms with E-state index in [4.69, 9.17) is 18.0 Å². The van der Waals surface area contributed by atoms with Crippen LogP contribution in [0.5, 0.6) is 5.75 Å². The molecule has 0 amide bonds. The number of phenolic OH excluding ortho intramolecular Hbond substituents is 1. The minimum atomic E-state index is 0.324. The van der Waals surface area contributed by atoms with Gasteiger partial charge in [0.05, 0.1) is 0 Å². The molecule has 1 aromatic carbocycles. The highest BCUT2D eigenvalue weighted by Crippen LogP contribution is 2.20. The molecule has 0 heterocycles. The van der Waals surface area contributed by atoms with Gasteiger partial charge in [-0.25, -0.2) is 0 Å². The van der Waals surface area contributed by atoms with Crippen molar-refractivity contribution < 1.29 is 5.11 Å². The Morgan fingerprint density at radius 2 is 1.80 bits per heavy atom. The number of phenols is 1. The Labute approximate surface area is 158 Å². The molecule has 1 aromatic rings. The summed E-state index contributed by atoms with van der Waals surface area (Å²) in [7, 11) is 0. The molecule has 0 radical (unpaired) electrons. The van der Waals surface area contributed by atoms with Crippen LogP contribution in [-0.4, -0.2) is 10.5 Å². The average molecular weight is 358 g/mol. The number of rotatable bonds is 9. The van der Waals surface area contributed by atoms with Crippen molar-refractivity contribution in [2.24, 2.45) is 11.7 Å². The maximum atomic E-state index is 9.31. The number of benzene rings is 1. The van der Waals surface area contributed by atoms with Crippen LogP contribution in [0.1, 0.15) is 52.5 Å². The lowest BCUT2D eigenvalue weighted by Gasteiger charge is -2.13. The predicted molar refractivity (Wildman–Crippen MR) is 113 cm³/mol. The third-order valence-corrected chi connectivity index (χ3v) is 4.68. The zero-order valence-electron chi connectivity index (χ0n) is 15.9. The maximum Gasteiger partial charge on any atom is 0.115 e. The van der Waals surface area contributed by atoms with Gasteiger partial charge in [0, 0.05) is 11.1 Å². The lowest BCUT2D eigenvalue weighted by atomic mass is 9.95. The summed E-state index contributed by atoms with van der Waals surface area (Å²) in [6.07, 6.45) is 8.31. The Bertz CT molecular complexity index is 653. The molecule has 0 spiro atoms. The largest absolute Gasteiger partial charge is 0.508 e. The van der Waals surface area contributed by atoms with Crippen molar-refractivity contribution in [2.45, 2.75) is 53.4 Å². The third kappa shape index (κ3) is 8.17. The second-order valence-corrected chi connectivity index (χ2v) is 7.16. The number of aromatic hydroxyl groups is 1. The van der Waals surface area contributed by atoms with E-state index >= 15 is 0 Å². The first-order valence-electron chi connectivity index (χ1n) is 8.87. The zero-order valence-corrected chi connectivity index (χ0v) is 16.7. The molecule has 0 saturated carbocycles. The lowest BCUT2D eigenvalue weighted by molar-refractivity contribution is 0.474. The standard InChI is InChI=1S/C22H31NOS/c1-16(6-5-7-20-8-10-21(24)11-9-20)14-22(23)19(4)15-18(3)17(2)12-13-25/h8-13,15-16,24H,5-7,14,23H2,1-4H3. The van der Waals surface area contributed by atoms with Gasteiger partial charge in [-0.3, -0.25) is 0 Å². The van der Waals surface area contributed by atoms with E-state index in [1.54, 1.807) is 17.5 Å². The molecule has 3 heteroatoms. The van der Waals surface area contributed by atoms with Crippen LogP contribution in [0.15, 0.2) is 58.8 Å². The van der Waals surface area contributed by atoms with Crippen molar-refractivity contribution in [2.75, 3.05) is 0 Å². The number of hydrogen-bond donors (Lipinski definition) is 2. The Morgan fingerprint density at radius 1 is 1.16 bits per heavy atom. The highest BCUT2D eigenvalue weighted by atomic mass is 32.1. The van der Waals surface area contributed by atoms with Crippen LogP contribution >= 0.6 is 12.2 Å². The summed E-state index contributed by atoms with van der Waals surface area (Å²) in [6, 6.07) is 7.47. The fourth-order valence-corrected chi connectivity index (χ4v) is 2.92. The number of hydrogen-bond acceptors (Lipinski definition) is 3. The molecule has 0 aliphatic heterocycles. The van der Waals surface area contributed by atoms with Crippen LogP contribution in [-0.2, 0) is 6.42 Å². The molecule has 1 unspecified atom stereocenters. The molecule has 0 aromatic heterocycles. The second-order valence-electron chi connectivity index (χ2n) is 6.89. The van der Waals surface area contributed by atoms with Gasteiger partial charge in [-0.1, -0.05) is 43.8 Å². The van der Waals surface area contributed by atoms with Crippen molar-refractivity contribution in [1.29, 1.82) is 0 Å². The molecular formula is C22H31NOS. The van der Waals surface area contributed by atoms with E-state index < -0.39 is 0 Å². The van der Waals surface area contributed by atoms with E-state index in [0.717, 1.165) is 37.0 Å². The van der Waals surface area contributed by atoms with Gasteiger partial charge < -0.3 is 10.8 Å². The molecule has 0 aliphatic rings. The minimum Gasteiger partial charge on any atom is -0.508 e. The van der Waals surface area contributed by atoms with E-state index in [-0.39, 0.29) is 0 Å². The molecule has 136 valence electrons. The SMILES string of the molecule is CC(=CC=S)C(C)=CC(C)=C(N)CC(C)CCCc1ccc(O)cc1. The fourth-order valence-electron chi connectivity index (χ4n) is 2.72. The predicted octanol–water partition coefficient (Wildman–Crippen LogP) is 5.87. The van der Waals surface area contributed by atoms with Gasteiger partial charge >= 0.3 is 0 Å². The molecule has 2 nitrogen and oxygen atoms in total. The molecular weight excluding hydrogens is 326 g/mol. The van der Waals surface area contributed by atoms with E-state index in [1.165, 1.54) is 16.7 Å². The zero-order chi connectivity index (χ0) is 18.8. The van der Waals surface area contributed by atoms with Crippen molar-refractivity contribution in [1.82, 2.24) is 0 Å². The minimum absolute atomic E-state index is 0.324. The highest BCUT2D eigenvalue weighted by molar-refractivity contribution is 7.79. The summed E-state index contributed by atoms with van der Waals surface area (Å²) >= 11 is 4.87. The van der Waals surface area contributed by atoms with Gasteiger partial charge in [-0.05, 0) is 86.4 Å². The molecule has 25 heavy (non-hydrogen) atoms. The summed E-state index contributed by atoms with van der Waals surface area (Å²) in [5.74, 6) is 0.878. The molecule has 1 rings (SSSR count). The van der Waals surface area contributed by atoms with Crippen LogP contribution in [0.3, 0.4) is 0 Å². The van der Waals surface area contributed by atoms with Crippen LogP contribution < -0.4 is 5.73 Å². The highest BCUT2D eigenvalue weighted by Gasteiger charge is 2.06. The van der Waals surface area contributed by atoms with Crippen molar-refractivity contribution >= 4 is 17.6 Å². The molecule has 0 saturated heterocycles. The quantitative estimate of drug-likeness (QED) is 0.330. The molecule has 3 N–H and O–H groups in total. The molecule has 0 aliphatic carbocycles. The van der Waals surface area contributed by atoms with Gasteiger partial charge in [0.25, 0.3) is 0 Å². The first-order chi connectivity index (χ1) is 11.8. The van der Waals surface area contributed by atoms with Gasteiger partial charge in [0.15, 0.2) is 0 Å². The molecule has 0 fully saturated rings. The van der Waals surface area contributed by atoms with Gasteiger partial charge in [-0.15, -0.1) is 0 Å². The van der Waals surface area contributed by atoms with Gasteiger partial charge in [0.1, 0.15) is 5.75 Å². The van der Waals surface area contributed by atoms with Crippen molar-refractivity contribution in [3.8, 4) is 5.75 Å². The van der Waals surface area contributed by atoms with Crippen molar-refractivity contribution in [3.05, 3.63) is 64.4 Å². The fraction of sp³-hybridized carbons (Fsp3) is 0.409. The lowest BCUT2D eigenvalue weighted by Crippen LogP contribution is -2.07. The third-order valence-electron chi connectivity index (χ3n) is 4.55. The number of thiocarbonyl (C=S) groups is 1. The van der Waals surface area contributed by atoms with E-state index in [2.05, 4.69) is 33.8 Å². The molecule has 1 atom stereocenters. The van der Waals surface area contributed by atoms with E-state index in [1.807, 2.05) is 18.2 Å². The molecule has 0 bridgehead atoms. The van der Waals surface area contributed by atoms with Crippen LogP contribution in [0, 0.1) is 5.92 Å². The number of allylic oxidation sites excluding steroid dienone is 6. The average Bonchev–Trinajstić information content (AvgIpc) is 2.56. The topological polar surface area (TPSA) is 46.2 Å². The summed E-state index contributed by atoms with van der Waals surface area (Å²) in [4.78, 5) is 0. The van der Waals surface area contributed by atoms with Crippen molar-refractivity contribution in [3.63, 3.8) is 0 Å². The Hall–Kier alpha value is -1.87. The first kappa shape index (κ1) is 21.2. The summed E-state index contributed by atoms with van der Waals surface area (Å²) in [6.45, 7) is 8.48.